The Labute approximate surface area is 116 Å². The van der Waals surface area contributed by atoms with Crippen LogP contribution in [0.2, 0.25) is 0 Å². The van der Waals surface area contributed by atoms with Gasteiger partial charge < -0.3 is 0 Å². The summed E-state index contributed by atoms with van der Waals surface area (Å²) in [4.78, 5) is 11.7. The third-order valence-electron chi connectivity index (χ3n) is 2.67. The number of hydrogen-bond acceptors (Lipinski definition) is 1. The number of carbonyl (C=O) groups excluding carboxylic acids is 1. The van der Waals surface area contributed by atoms with Gasteiger partial charge in [0.05, 0.1) is 5.92 Å². The topological polar surface area (TPSA) is 17.1 Å². The van der Waals surface area contributed by atoms with Gasteiger partial charge in [-0.2, -0.15) is 0 Å². The van der Waals surface area contributed by atoms with Crippen LogP contribution in [0.25, 0.3) is 0 Å². The minimum absolute atomic E-state index is 0. The molecule has 0 saturated heterocycles. The average molecular weight is 317 g/mol. The summed E-state index contributed by atoms with van der Waals surface area (Å²) >= 11 is 0. The summed E-state index contributed by atoms with van der Waals surface area (Å²) in [5.74, 6) is 0.0415. The number of rotatable bonds is 3. The minimum Gasteiger partial charge on any atom is -0.299 e. The second-order valence-corrected chi connectivity index (χ2v) is 3.87. The van der Waals surface area contributed by atoms with Gasteiger partial charge >= 0.3 is 0 Å². The predicted molar refractivity (Wildman–Crippen MR) is 65.4 cm³/mol. The Kier molecular flexibility index (Phi) is 5.29. The van der Waals surface area contributed by atoms with Crippen molar-refractivity contribution in [1.82, 2.24) is 0 Å². The van der Waals surface area contributed by atoms with E-state index in [1.54, 1.807) is 6.92 Å². The average Bonchev–Trinajstić information content (AvgIpc) is 2.31. The SMILES string of the molecule is CC(=O)C(c1ccccc1)c1ccccc1.[Pd]. The minimum atomic E-state index is -0.137. The van der Waals surface area contributed by atoms with Gasteiger partial charge in [0.2, 0.25) is 0 Å². The fourth-order valence-corrected chi connectivity index (χ4v) is 1.95. The zero-order chi connectivity index (χ0) is 11.4. The molecule has 2 heteroatoms. The summed E-state index contributed by atoms with van der Waals surface area (Å²) in [5.41, 5.74) is 2.11. The van der Waals surface area contributed by atoms with E-state index in [1.807, 2.05) is 60.7 Å². The Morgan fingerprint density at radius 2 is 1.18 bits per heavy atom. The van der Waals surface area contributed by atoms with Gasteiger partial charge in [-0.15, -0.1) is 0 Å². The zero-order valence-corrected chi connectivity index (χ0v) is 11.1. The molecular formula is C15H14OPd. The molecule has 0 aliphatic rings. The summed E-state index contributed by atoms with van der Waals surface area (Å²) in [6, 6.07) is 19.8. The van der Waals surface area contributed by atoms with Crippen molar-refractivity contribution in [1.29, 1.82) is 0 Å². The van der Waals surface area contributed by atoms with Crippen molar-refractivity contribution in [3.8, 4) is 0 Å². The van der Waals surface area contributed by atoms with E-state index >= 15 is 0 Å². The molecule has 0 fully saturated rings. The Morgan fingerprint density at radius 3 is 1.47 bits per heavy atom. The van der Waals surface area contributed by atoms with Crippen molar-refractivity contribution in [2.45, 2.75) is 12.8 Å². The van der Waals surface area contributed by atoms with Crippen molar-refractivity contribution in [2.75, 3.05) is 0 Å². The van der Waals surface area contributed by atoms with Gasteiger partial charge in [0.15, 0.2) is 0 Å². The fourth-order valence-electron chi connectivity index (χ4n) is 1.95. The molecule has 0 unspecified atom stereocenters. The molecule has 0 atom stereocenters. The maximum Gasteiger partial charge on any atom is 0.141 e. The van der Waals surface area contributed by atoms with Crippen molar-refractivity contribution < 1.29 is 25.2 Å². The van der Waals surface area contributed by atoms with Crippen LogP contribution in [-0.4, -0.2) is 5.78 Å². The maximum absolute atomic E-state index is 11.7. The molecule has 0 aliphatic heterocycles. The van der Waals surface area contributed by atoms with Crippen molar-refractivity contribution >= 4 is 5.78 Å². The van der Waals surface area contributed by atoms with Crippen LogP contribution >= 0.6 is 0 Å². The molecule has 0 aromatic heterocycles. The molecule has 0 bridgehead atoms. The van der Waals surface area contributed by atoms with Crippen molar-refractivity contribution in [2.24, 2.45) is 0 Å². The van der Waals surface area contributed by atoms with Gasteiger partial charge in [-0.1, -0.05) is 60.7 Å². The molecule has 0 radical (unpaired) electrons. The molecule has 0 amide bonds. The number of hydrogen-bond donors (Lipinski definition) is 0. The van der Waals surface area contributed by atoms with Gasteiger partial charge in [-0.3, -0.25) is 4.79 Å². The molecule has 2 aromatic rings. The van der Waals surface area contributed by atoms with E-state index in [-0.39, 0.29) is 32.1 Å². The predicted octanol–water partition coefficient (Wildman–Crippen LogP) is 3.41. The molecule has 17 heavy (non-hydrogen) atoms. The van der Waals surface area contributed by atoms with E-state index < -0.39 is 0 Å². The van der Waals surface area contributed by atoms with E-state index in [2.05, 4.69) is 0 Å². The smallest absolute Gasteiger partial charge is 0.141 e. The van der Waals surface area contributed by atoms with Crippen LogP contribution in [0.3, 0.4) is 0 Å². The first-order chi connectivity index (χ1) is 7.79. The van der Waals surface area contributed by atoms with Gasteiger partial charge in [0.1, 0.15) is 5.78 Å². The summed E-state index contributed by atoms with van der Waals surface area (Å²) in [6.07, 6.45) is 0. The molecule has 2 aromatic carbocycles. The van der Waals surface area contributed by atoms with Crippen LogP contribution in [0, 0.1) is 0 Å². The molecular weight excluding hydrogens is 303 g/mol. The third kappa shape index (κ3) is 3.36. The van der Waals surface area contributed by atoms with Crippen LogP contribution in [0.1, 0.15) is 24.0 Å². The molecule has 0 saturated carbocycles. The second-order valence-electron chi connectivity index (χ2n) is 3.87. The first kappa shape index (κ1) is 13.8. The van der Waals surface area contributed by atoms with Crippen LogP contribution in [0.15, 0.2) is 60.7 Å². The fraction of sp³-hybridized carbons (Fsp3) is 0.133. The number of benzene rings is 2. The number of carbonyl (C=O) groups is 1. The molecule has 0 N–H and O–H groups in total. The summed E-state index contributed by atoms with van der Waals surface area (Å²) in [6.45, 7) is 1.64. The maximum atomic E-state index is 11.7. The Morgan fingerprint density at radius 1 is 0.824 bits per heavy atom. The number of ketones is 1. The van der Waals surface area contributed by atoms with Crippen molar-refractivity contribution in [3.63, 3.8) is 0 Å². The molecule has 90 valence electrons. The Bertz CT molecular complexity index is 425. The molecule has 0 aliphatic carbocycles. The molecule has 0 heterocycles. The quantitative estimate of drug-likeness (QED) is 0.793. The number of Topliss-reactive ketones (excluding diaryl/α,β-unsaturated/α-hetero) is 1. The second kappa shape index (κ2) is 6.49. The van der Waals surface area contributed by atoms with E-state index in [0.29, 0.717) is 0 Å². The Balaban J connectivity index is 0.00000144. The van der Waals surface area contributed by atoms with Crippen LogP contribution in [0.5, 0.6) is 0 Å². The van der Waals surface area contributed by atoms with Crippen LogP contribution in [-0.2, 0) is 25.2 Å². The standard InChI is InChI=1S/C15H14O.Pd/c1-12(16)15(13-8-4-2-5-9-13)14-10-6-3-7-11-14;/h2-11,15H,1H3;. The van der Waals surface area contributed by atoms with Gasteiger partial charge in [0.25, 0.3) is 0 Å². The zero-order valence-electron chi connectivity index (χ0n) is 9.58. The van der Waals surface area contributed by atoms with E-state index in [9.17, 15) is 4.79 Å². The van der Waals surface area contributed by atoms with Gasteiger partial charge in [-0.25, -0.2) is 0 Å². The van der Waals surface area contributed by atoms with Gasteiger partial charge in [-0.05, 0) is 18.1 Å². The van der Waals surface area contributed by atoms with Crippen molar-refractivity contribution in [3.05, 3.63) is 71.8 Å². The van der Waals surface area contributed by atoms with Gasteiger partial charge in [0, 0.05) is 20.4 Å². The van der Waals surface area contributed by atoms with E-state index in [1.165, 1.54) is 0 Å². The van der Waals surface area contributed by atoms with Crippen LogP contribution in [0.4, 0.5) is 0 Å². The first-order valence-electron chi connectivity index (χ1n) is 5.39. The van der Waals surface area contributed by atoms with E-state index in [4.69, 9.17) is 0 Å². The molecule has 0 spiro atoms. The molecule has 2 rings (SSSR count). The summed E-state index contributed by atoms with van der Waals surface area (Å²) in [7, 11) is 0. The van der Waals surface area contributed by atoms with Crippen LogP contribution < -0.4 is 0 Å². The molecule has 1 nitrogen and oxygen atoms in total. The third-order valence-corrected chi connectivity index (χ3v) is 2.67. The van der Waals surface area contributed by atoms with E-state index in [0.717, 1.165) is 11.1 Å². The monoisotopic (exact) mass is 316 g/mol. The summed E-state index contributed by atoms with van der Waals surface area (Å²) in [5, 5.41) is 0. The summed E-state index contributed by atoms with van der Waals surface area (Å²) < 4.78 is 0. The largest absolute Gasteiger partial charge is 0.299 e. The first-order valence-corrected chi connectivity index (χ1v) is 5.39. The normalized spacial score (nSPS) is 9.76. The Hall–Kier alpha value is -1.23.